The lowest BCUT2D eigenvalue weighted by molar-refractivity contribution is -0.126. The van der Waals surface area contributed by atoms with E-state index < -0.39 is 11.9 Å². The van der Waals surface area contributed by atoms with Crippen molar-refractivity contribution in [2.45, 2.75) is 84.0 Å². The number of carbonyl (C=O) groups is 3. The Bertz CT molecular complexity index is 1100. The van der Waals surface area contributed by atoms with E-state index in [1.807, 2.05) is 0 Å². The summed E-state index contributed by atoms with van der Waals surface area (Å²) >= 11 is 0. The second-order valence-corrected chi connectivity index (χ2v) is 9.88. The number of hydrogen-bond donors (Lipinski definition) is 2. The highest BCUT2D eigenvalue weighted by Crippen LogP contribution is 2.28. The summed E-state index contributed by atoms with van der Waals surface area (Å²) in [6.45, 7) is 2.09. The van der Waals surface area contributed by atoms with Crippen LogP contribution in [0.4, 0.5) is 0 Å². The molecule has 0 unspecified atom stereocenters. The molecule has 2 rings (SSSR count). The monoisotopic (exact) mass is 567 g/mol. The molecule has 0 bridgehead atoms. The van der Waals surface area contributed by atoms with Crippen LogP contribution in [0.1, 0.15) is 99.9 Å². The number of carbonyl (C=O) groups excluding carboxylic acids is 3. The van der Waals surface area contributed by atoms with Crippen LogP contribution in [0.5, 0.6) is 17.2 Å². The van der Waals surface area contributed by atoms with E-state index in [1.54, 1.807) is 49.6 Å². The summed E-state index contributed by atoms with van der Waals surface area (Å²) in [5.74, 6) is 0.115. The van der Waals surface area contributed by atoms with Crippen LogP contribution in [0.2, 0.25) is 0 Å². The van der Waals surface area contributed by atoms with Crippen molar-refractivity contribution >= 4 is 24.0 Å². The Kier molecular flexibility index (Phi) is 16.3. The smallest absolute Gasteiger partial charge is 0.343 e. The zero-order chi connectivity index (χ0) is 29.7. The predicted octanol–water partition coefficient (Wildman–Crippen LogP) is 6.19. The molecule has 224 valence electrons. The molecule has 41 heavy (non-hydrogen) atoms. The molecule has 0 saturated heterocycles. The molecule has 0 saturated carbocycles. The third-order valence-electron chi connectivity index (χ3n) is 6.57. The molecule has 0 atom stereocenters. The SMILES string of the molecule is CCCCCCCCCCCCCC(=O)NCC(=O)N/N=C\c1ccc(OC(=O)c2ccc(OC)cc2)c(OC)c1. The Morgan fingerprint density at radius 1 is 0.756 bits per heavy atom. The number of esters is 1. The van der Waals surface area contributed by atoms with Crippen LogP contribution in [0, 0.1) is 0 Å². The molecule has 2 aromatic rings. The van der Waals surface area contributed by atoms with Crippen molar-refractivity contribution in [2.24, 2.45) is 5.10 Å². The lowest BCUT2D eigenvalue weighted by atomic mass is 10.1. The molecule has 0 radical (unpaired) electrons. The topological polar surface area (TPSA) is 115 Å². The zero-order valence-electron chi connectivity index (χ0n) is 24.7. The number of hydrazone groups is 1. The summed E-state index contributed by atoms with van der Waals surface area (Å²) < 4.78 is 15.9. The first-order valence-electron chi connectivity index (χ1n) is 14.6. The number of ether oxygens (including phenoxy) is 3. The lowest BCUT2D eigenvalue weighted by Crippen LogP contribution is -2.34. The fourth-order valence-corrected chi connectivity index (χ4v) is 4.17. The van der Waals surface area contributed by atoms with Gasteiger partial charge < -0.3 is 19.5 Å². The van der Waals surface area contributed by atoms with E-state index in [9.17, 15) is 14.4 Å². The molecule has 0 aliphatic carbocycles. The van der Waals surface area contributed by atoms with Crippen molar-refractivity contribution in [1.29, 1.82) is 0 Å². The minimum atomic E-state index is -0.537. The molecule has 0 aromatic heterocycles. The lowest BCUT2D eigenvalue weighted by Gasteiger charge is -2.10. The van der Waals surface area contributed by atoms with E-state index >= 15 is 0 Å². The van der Waals surface area contributed by atoms with Crippen molar-refractivity contribution in [3.63, 3.8) is 0 Å². The molecule has 2 amide bonds. The highest BCUT2D eigenvalue weighted by atomic mass is 16.6. The van der Waals surface area contributed by atoms with Gasteiger partial charge >= 0.3 is 5.97 Å². The van der Waals surface area contributed by atoms with Gasteiger partial charge in [0.15, 0.2) is 11.5 Å². The number of benzene rings is 2. The maximum Gasteiger partial charge on any atom is 0.343 e. The Morgan fingerprint density at radius 3 is 2.00 bits per heavy atom. The summed E-state index contributed by atoms with van der Waals surface area (Å²) in [7, 11) is 3.01. The average molecular weight is 568 g/mol. The number of methoxy groups -OCH3 is 2. The first kappa shape index (κ1) is 33.3. The second kappa shape index (κ2) is 20.1. The number of unbranched alkanes of at least 4 members (excludes halogenated alkanes) is 10. The van der Waals surface area contributed by atoms with Crippen LogP contribution in [0.3, 0.4) is 0 Å². The Balaban J connectivity index is 1.64. The number of amides is 2. The largest absolute Gasteiger partial charge is 0.497 e. The molecule has 2 N–H and O–H groups in total. The van der Waals surface area contributed by atoms with E-state index in [2.05, 4.69) is 22.8 Å². The van der Waals surface area contributed by atoms with Crippen LogP contribution >= 0.6 is 0 Å². The number of nitrogens with one attached hydrogen (secondary N) is 2. The van der Waals surface area contributed by atoms with Gasteiger partial charge in [-0.2, -0.15) is 5.10 Å². The van der Waals surface area contributed by atoms with Crippen molar-refractivity contribution in [2.75, 3.05) is 20.8 Å². The molecule has 9 heteroatoms. The highest BCUT2D eigenvalue weighted by Gasteiger charge is 2.13. The Morgan fingerprint density at radius 2 is 1.39 bits per heavy atom. The number of nitrogens with zero attached hydrogens (tertiary/aromatic N) is 1. The van der Waals surface area contributed by atoms with Crippen LogP contribution in [-0.2, 0) is 9.59 Å². The maximum absolute atomic E-state index is 12.5. The second-order valence-electron chi connectivity index (χ2n) is 9.88. The molecule has 0 fully saturated rings. The molecule has 0 aliphatic rings. The summed E-state index contributed by atoms with van der Waals surface area (Å²) in [5, 5.41) is 6.56. The van der Waals surface area contributed by atoms with Crippen molar-refractivity contribution in [3.8, 4) is 17.2 Å². The minimum absolute atomic E-state index is 0.135. The van der Waals surface area contributed by atoms with Crippen molar-refractivity contribution in [1.82, 2.24) is 10.7 Å². The van der Waals surface area contributed by atoms with Gasteiger partial charge in [-0.25, -0.2) is 10.2 Å². The molecular weight excluding hydrogens is 522 g/mol. The average Bonchev–Trinajstić information content (AvgIpc) is 2.99. The highest BCUT2D eigenvalue weighted by molar-refractivity contribution is 5.92. The van der Waals surface area contributed by atoms with Gasteiger partial charge in [-0.1, -0.05) is 71.1 Å². The van der Waals surface area contributed by atoms with Crippen LogP contribution in [0.15, 0.2) is 47.6 Å². The third kappa shape index (κ3) is 13.8. The standard InChI is InChI=1S/C32H45N3O6/c1-4-5-6-7-8-9-10-11-12-13-14-15-30(36)33-24-31(37)35-34-23-25-16-21-28(29(22-25)40-3)41-32(38)26-17-19-27(39-2)20-18-26/h16-23H,4-15,24H2,1-3H3,(H,33,36)(H,35,37)/b34-23-. The van der Waals surface area contributed by atoms with Gasteiger partial charge in [0.25, 0.3) is 5.91 Å². The fourth-order valence-electron chi connectivity index (χ4n) is 4.17. The van der Waals surface area contributed by atoms with Crippen LogP contribution in [-0.4, -0.2) is 44.8 Å². The van der Waals surface area contributed by atoms with E-state index in [1.165, 1.54) is 64.7 Å². The summed E-state index contributed by atoms with van der Waals surface area (Å²) in [6, 6.07) is 11.4. The summed E-state index contributed by atoms with van der Waals surface area (Å²) in [6.07, 6.45) is 15.3. The first-order valence-corrected chi connectivity index (χ1v) is 14.6. The van der Waals surface area contributed by atoms with Gasteiger partial charge in [0.2, 0.25) is 5.91 Å². The summed E-state index contributed by atoms with van der Waals surface area (Å²) in [5.41, 5.74) is 3.38. The molecule has 0 spiro atoms. The van der Waals surface area contributed by atoms with Crippen LogP contribution < -0.4 is 25.0 Å². The normalized spacial score (nSPS) is 10.8. The van der Waals surface area contributed by atoms with Gasteiger partial charge in [-0.15, -0.1) is 0 Å². The fraction of sp³-hybridized carbons (Fsp3) is 0.500. The van der Waals surface area contributed by atoms with E-state index in [0.717, 1.165) is 19.3 Å². The molecule has 0 heterocycles. The van der Waals surface area contributed by atoms with Gasteiger partial charge in [0.1, 0.15) is 5.75 Å². The van der Waals surface area contributed by atoms with Gasteiger partial charge in [0.05, 0.1) is 32.5 Å². The quantitative estimate of drug-likeness (QED) is 0.0648. The van der Waals surface area contributed by atoms with E-state index in [-0.39, 0.29) is 18.2 Å². The van der Waals surface area contributed by atoms with Gasteiger partial charge in [-0.3, -0.25) is 9.59 Å². The number of hydrogen-bond acceptors (Lipinski definition) is 7. The van der Waals surface area contributed by atoms with Crippen molar-refractivity contribution < 1.29 is 28.6 Å². The van der Waals surface area contributed by atoms with E-state index in [4.69, 9.17) is 14.2 Å². The minimum Gasteiger partial charge on any atom is -0.497 e. The Labute approximate surface area is 244 Å². The van der Waals surface area contributed by atoms with Gasteiger partial charge in [0, 0.05) is 6.42 Å². The first-order chi connectivity index (χ1) is 20.0. The van der Waals surface area contributed by atoms with Crippen molar-refractivity contribution in [3.05, 3.63) is 53.6 Å². The summed E-state index contributed by atoms with van der Waals surface area (Å²) in [4.78, 5) is 36.5. The van der Waals surface area contributed by atoms with E-state index in [0.29, 0.717) is 29.0 Å². The van der Waals surface area contributed by atoms with Crippen LogP contribution in [0.25, 0.3) is 0 Å². The molecule has 9 nitrogen and oxygen atoms in total. The molecule has 0 aliphatic heterocycles. The molecular formula is C32H45N3O6. The maximum atomic E-state index is 12.5. The Hall–Kier alpha value is -3.88. The number of rotatable bonds is 20. The third-order valence-corrected chi connectivity index (χ3v) is 6.57. The van der Waals surface area contributed by atoms with Gasteiger partial charge in [-0.05, 0) is 54.4 Å². The zero-order valence-corrected chi connectivity index (χ0v) is 24.7. The predicted molar refractivity (Wildman–Crippen MR) is 161 cm³/mol. The molecule has 2 aromatic carbocycles.